The molecule has 0 aliphatic heterocycles. The third kappa shape index (κ3) is 6.42. The maximum Gasteiger partial charge on any atom is 0.306 e. The number of nitrogens with one attached hydrogen (secondary N) is 1. The molecule has 1 saturated carbocycles. The van der Waals surface area contributed by atoms with Crippen molar-refractivity contribution in [3.8, 4) is 0 Å². The van der Waals surface area contributed by atoms with E-state index >= 15 is 0 Å². The number of rotatable bonds is 7. The highest BCUT2D eigenvalue weighted by atomic mass is 16.4. The van der Waals surface area contributed by atoms with Gasteiger partial charge in [-0.25, -0.2) is 0 Å². The molecule has 1 rings (SSSR count). The van der Waals surface area contributed by atoms with Crippen molar-refractivity contribution in [2.45, 2.75) is 78.3 Å². The van der Waals surface area contributed by atoms with Gasteiger partial charge in [0.2, 0.25) is 0 Å². The Balaban J connectivity index is 2.20. The van der Waals surface area contributed by atoms with Gasteiger partial charge in [-0.15, -0.1) is 0 Å². The fourth-order valence-electron chi connectivity index (χ4n) is 3.42. The Hall–Kier alpha value is -0.570. The summed E-state index contributed by atoms with van der Waals surface area (Å²) >= 11 is 0. The first-order valence-corrected chi connectivity index (χ1v) is 7.87. The number of hydrogen-bond acceptors (Lipinski definition) is 2. The lowest BCUT2D eigenvalue weighted by Crippen LogP contribution is -2.41. The third-order valence-electron chi connectivity index (χ3n) is 4.39. The number of carbonyl (C=O) groups is 1. The summed E-state index contributed by atoms with van der Waals surface area (Å²) in [6.45, 7) is 8.73. The number of hydrogen-bond donors (Lipinski definition) is 2. The van der Waals surface area contributed by atoms with Gasteiger partial charge in [0.25, 0.3) is 0 Å². The lowest BCUT2D eigenvalue weighted by molar-refractivity contribution is -0.141. The topological polar surface area (TPSA) is 49.3 Å². The number of aliphatic carboxylic acids is 1. The van der Waals surface area contributed by atoms with Crippen molar-refractivity contribution in [2.24, 2.45) is 17.8 Å². The summed E-state index contributed by atoms with van der Waals surface area (Å²) in [6.07, 6.45) is 6.82. The van der Waals surface area contributed by atoms with E-state index in [1.54, 1.807) is 6.92 Å². The maximum atomic E-state index is 10.7. The Morgan fingerprint density at radius 2 is 1.74 bits per heavy atom. The average molecular weight is 269 g/mol. The minimum Gasteiger partial charge on any atom is -0.481 e. The predicted molar refractivity (Wildman–Crippen MR) is 79.2 cm³/mol. The van der Waals surface area contributed by atoms with Crippen molar-refractivity contribution in [3.63, 3.8) is 0 Å². The monoisotopic (exact) mass is 269 g/mol. The van der Waals surface area contributed by atoms with Crippen molar-refractivity contribution in [3.05, 3.63) is 0 Å². The molecular formula is C16H31NO2. The van der Waals surface area contributed by atoms with E-state index < -0.39 is 5.97 Å². The normalized spacial score (nSPS) is 30.8. The summed E-state index contributed by atoms with van der Waals surface area (Å²) in [6, 6.07) is 1.16. The molecule has 0 aromatic rings. The van der Waals surface area contributed by atoms with E-state index in [1.807, 2.05) is 0 Å². The second-order valence-corrected chi connectivity index (χ2v) is 6.85. The van der Waals surface area contributed by atoms with Crippen molar-refractivity contribution in [1.82, 2.24) is 5.32 Å². The molecule has 0 saturated heterocycles. The minimum atomic E-state index is -0.671. The predicted octanol–water partition coefficient (Wildman–Crippen LogP) is 3.68. The molecule has 0 amide bonds. The van der Waals surface area contributed by atoms with Crippen molar-refractivity contribution in [2.75, 3.05) is 0 Å². The van der Waals surface area contributed by atoms with Crippen LogP contribution in [0.5, 0.6) is 0 Å². The third-order valence-corrected chi connectivity index (χ3v) is 4.39. The summed E-state index contributed by atoms with van der Waals surface area (Å²) in [5.74, 6) is 0.790. The standard InChI is InChI=1S/C16H31NO2/c1-11-8-12(2)10-15(9-11)17-14(4)7-5-6-13(3)16(18)19/h11-15,17H,5-10H2,1-4H3,(H,18,19). The highest BCUT2D eigenvalue weighted by molar-refractivity contribution is 5.69. The van der Waals surface area contributed by atoms with Gasteiger partial charge in [-0.05, 0) is 50.9 Å². The molecule has 0 spiro atoms. The first kappa shape index (κ1) is 16.5. The zero-order valence-corrected chi connectivity index (χ0v) is 13.0. The van der Waals surface area contributed by atoms with E-state index in [-0.39, 0.29) is 5.92 Å². The Morgan fingerprint density at radius 3 is 2.26 bits per heavy atom. The second kappa shape index (κ2) is 7.88. The number of carboxylic acid groups (broad SMARTS) is 1. The Bertz CT molecular complexity index is 270. The highest BCUT2D eigenvalue weighted by Gasteiger charge is 2.24. The zero-order chi connectivity index (χ0) is 14.4. The summed E-state index contributed by atoms with van der Waals surface area (Å²) in [5, 5.41) is 12.6. The Morgan fingerprint density at radius 1 is 1.16 bits per heavy atom. The lowest BCUT2D eigenvalue weighted by Gasteiger charge is -2.34. The largest absolute Gasteiger partial charge is 0.481 e. The smallest absolute Gasteiger partial charge is 0.306 e. The van der Waals surface area contributed by atoms with Crippen LogP contribution in [0.25, 0.3) is 0 Å². The van der Waals surface area contributed by atoms with Crippen molar-refractivity contribution in [1.29, 1.82) is 0 Å². The van der Waals surface area contributed by atoms with Crippen molar-refractivity contribution < 1.29 is 9.90 Å². The molecule has 2 N–H and O–H groups in total. The molecule has 4 atom stereocenters. The molecule has 1 fully saturated rings. The van der Waals surface area contributed by atoms with Crippen LogP contribution < -0.4 is 5.32 Å². The van der Waals surface area contributed by atoms with Gasteiger partial charge in [0, 0.05) is 12.1 Å². The first-order chi connectivity index (χ1) is 8.88. The number of carboxylic acids is 1. The minimum absolute atomic E-state index is 0.207. The molecule has 1 aliphatic carbocycles. The average Bonchev–Trinajstić information content (AvgIpc) is 2.26. The van der Waals surface area contributed by atoms with Crippen LogP contribution in [-0.4, -0.2) is 23.2 Å². The van der Waals surface area contributed by atoms with Gasteiger partial charge in [-0.1, -0.05) is 27.2 Å². The van der Waals surface area contributed by atoms with Gasteiger partial charge >= 0.3 is 5.97 Å². The van der Waals surface area contributed by atoms with E-state index in [9.17, 15) is 4.79 Å². The molecule has 19 heavy (non-hydrogen) atoms. The van der Waals surface area contributed by atoms with Crippen LogP contribution in [0.15, 0.2) is 0 Å². The molecule has 112 valence electrons. The molecule has 0 heterocycles. The molecule has 1 aliphatic rings. The van der Waals surface area contributed by atoms with Crippen LogP contribution in [0.3, 0.4) is 0 Å². The summed E-state index contributed by atoms with van der Waals surface area (Å²) in [4.78, 5) is 10.7. The van der Waals surface area contributed by atoms with Gasteiger partial charge in [0.15, 0.2) is 0 Å². The fourth-order valence-corrected chi connectivity index (χ4v) is 3.42. The van der Waals surface area contributed by atoms with Gasteiger partial charge in [0.1, 0.15) is 0 Å². The SMILES string of the molecule is CC1CC(C)CC(NC(C)CCCC(C)C(=O)O)C1. The maximum absolute atomic E-state index is 10.7. The summed E-state index contributed by atoms with van der Waals surface area (Å²) in [7, 11) is 0. The zero-order valence-electron chi connectivity index (χ0n) is 13.0. The Kier molecular flexibility index (Phi) is 6.84. The van der Waals surface area contributed by atoms with Gasteiger partial charge in [-0.2, -0.15) is 0 Å². The van der Waals surface area contributed by atoms with Crippen LogP contribution in [0.4, 0.5) is 0 Å². The molecule has 0 aromatic heterocycles. The first-order valence-electron chi connectivity index (χ1n) is 7.87. The molecule has 3 nitrogen and oxygen atoms in total. The molecule has 4 unspecified atom stereocenters. The van der Waals surface area contributed by atoms with Gasteiger partial charge < -0.3 is 10.4 Å². The van der Waals surface area contributed by atoms with Gasteiger partial charge in [0.05, 0.1) is 5.92 Å². The van der Waals surface area contributed by atoms with E-state index in [0.717, 1.165) is 31.1 Å². The lowest BCUT2D eigenvalue weighted by atomic mass is 9.80. The molecule has 0 aromatic carbocycles. The highest BCUT2D eigenvalue weighted by Crippen LogP contribution is 2.28. The van der Waals surface area contributed by atoms with E-state index in [4.69, 9.17) is 5.11 Å². The summed E-state index contributed by atoms with van der Waals surface area (Å²) in [5.41, 5.74) is 0. The van der Waals surface area contributed by atoms with Crippen molar-refractivity contribution >= 4 is 5.97 Å². The van der Waals surface area contributed by atoms with E-state index in [2.05, 4.69) is 26.1 Å². The summed E-state index contributed by atoms with van der Waals surface area (Å²) < 4.78 is 0. The van der Waals surface area contributed by atoms with Gasteiger partial charge in [-0.3, -0.25) is 4.79 Å². The van der Waals surface area contributed by atoms with Crippen LogP contribution in [-0.2, 0) is 4.79 Å². The quantitative estimate of drug-likeness (QED) is 0.741. The van der Waals surface area contributed by atoms with Crippen LogP contribution in [0, 0.1) is 17.8 Å². The molecular weight excluding hydrogens is 238 g/mol. The van der Waals surface area contributed by atoms with Crippen LogP contribution in [0.2, 0.25) is 0 Å². The molecule has 0 bridgehead atoms. The molecule has 3 heteroatoms. The van der Waals surface area contributed by atoms with E-state index in [0.29, 0.717) is 12.1 Å². The fraction of sp³-hybridized carbons (Fsp3) is 0.938. The van der Waals surface area contributed by atoms with Crippen LogP contribution >= 0.6 is 0 Å². The molecule has 0 radical (unpaired) electrons. The van der Waals surface area contributed by atoms with Crippen LogP contribution in [0.1, 0.15) is 66.2 Å². The Labute approximate surface area is 118 Å². The van der Waals surface area contributed by atoms with E-state index in [1.165, 1.54) is 19.3 Å². The second-order valence-electron chi connectivity index (χ2n) is 6.85.